The van der Waals surface area contributed by atoms with E-state index in [1.165, 1.54) is 12.1 Å². The monoisotopic (exact) mass is 320 g/mol. The highest BCUT2D eigenvalue weighted by Crippen LogP contribution is 2.14. The summed E-state index contributed by atoms with van der Waals surface area (Å²) in [7, 11) is -3.68. The summed E-state index contributed by atoms with van der Waals surface area (Å²) >= 11 is 5.79. The van der Waals surface area contributed by atoms with E-state index in [1.807, 2.05) is 18.2 Å². The van der Waals surface area contributed by atoms with Gasteiger partial charge < -0.3 is 0 Å². The fraction of sp³-hybridized carbons (Fsp3) is 0.133. The van der Waals surface area contributed by atoms with Gasteiger partial charge in [0.05, 0.1) is 10.5 Å². The molecule has 0 radical (unpaired) electrons. The molecule has 21 heavy (non-hydrogen) atoms. The summed E-state index contributed by atoms with van der Waals surface area (Å²) in [4.78, 5) is 0.00334. The second-order valence-electron chi connectivity index (χ2n) is 4.38. The minimum absolute atomic E-state index is 0.00334. The highest BCUT2D eigenvalue weighted by atomic mass is 35.5. The zero-order valence-electron chi connectivity index (χ0n) is 11.1. The molecular formula is C15H13ClN2O2S. The maximum absolute atomic E-state index is 12.2. The Kier molecular flexibility index (Phi) is 4.97. The lowest BCUT2D eigenvalue weighted by Gasteiger charge is -2.08. The Labute approximate surface area is 129 Å². The van der Waals surface area contributed by atoms with Crippen LogP contribution in [-0.4, -0.2) is 15.0 Å². The van der Waals surface area contributed by atoms with Gasteiger partial charge in [-0.2, -0.15) is 5.26 Å². The van der Waals surface area contributed by atoms with Gasteiger partial charge in [-0.1, -0.05) is 35.9 Å². The molecule has 0 saturated heterocycles. The van der Waals surface area contributed by atoms with E-state index in [0.29, 0.717) is 11.4 Å². The SMILES string of the molecule is N#Cc1ccccc1S(=O)(=O)NCCc1ccc(Cl)cc1. The first-order valence-corrected chi connectivity index (χ1v) is 8.12. The number of rotatable bonds is 5. The summed E-state index contributed by atoms with van der Waals surface area (Å²) in [5.74, 6) is 0. The van der Waals surface area contributed by atoms with Crippen LogP contribution in [0.3, 0.4) is 0 Å². The van der Waals surface area contributed by atoms with Gasteiger partial charge in [-0.05, 0) is 36.2 Å². The van der Waals surface area contributed by atoms with E-state index in [-0.39, 0.29) is 17.0 Å². The number of sulfonamides is 1. The maximum Gasteiger partial charge on any atom is 0.241 e. The number of hydrogen-bond acceptors (Lipinski definition) is 3. The Hall–Kier alpha value is -1.87. The molecule has 0 spiro atoms. The molecule has 4 nitrogen and oxygen atoms in total. The van der Waals surface area contributed by atoms with Crippen LogP contribution in [0, 0.1) is 11.3 Å². The Morgan fingerprint density at radius 1 is 1.10 bits per heavy atom. The molecule has 0 aromatic heterocycles. The summed E-state index contributed by atoms with van der Waals surface area (Å²) in [5.41, 5.74) is 1.12. The van der Waals surface area contributed by atoms with Crippen molar-refractivity contribution in [3.8, 4) is 6.07 Å². The number of nitrogens with one attached hydrogen (secondary N) is 1. The van der Waals surface area contributed by atoms with E-state index >= 15 is 0 Å². The largest absolute Gasteiger partial charge is 0.241 e. The highest BCUT2D eigenvalue weighted by molar-refractivity contribution is 7.89. The average molecular weight is 321 g/mol. The van der Waals surface area contributed by atoms with Gasteiger partial charge >= 0.3 is 0 Å². The molecular weight excluding hydrogens is 308 g/mol. The van der Waals surface area contributed by atoms with Gasteiger partial charge in [0.15, 0.2) is 0 Å². The van der Waals surface area contributed by atoms with E-state index in [2.05, 4.69) is 4.72 Å². The zero-order chi connectivity index (χ0) is 15.3. The normalized spacial score (nSPS) is 11.0. The maximum atomic E-state index is 12.2. The second kappa shape index (κ2) is 6.72. The molecule has 0 saturated carbocycles. The van der Waals surface area contributed by atoms with Crippen LogP contribution in [0.2, 0.25) is 5.02 Å². The number of halogens is 1. The molecule has 108 valence electrons. The van der Waals surface area contributed by atoms with E-state index in [0.717, 1.165) is 5.56 Å². The molecule has 0 aliphatic rings. The number of nitrogens with zero attached hydrogens (tertiary/aromatic N) is 1. The van der Waals surface area contributed by atoms with E-state index < -0.39 is 10.0 Å². The van der Waals surface area contributed by atoms with Crippen LogP contribution in [0.1, 0.15) is 11.1 Å². The van der Waals surface area contributed by atoms with Gasteiger partial charge in [-0.25, -0.2) is 13.1 Å². The van der Waals surface area contributed by atoms with Gasteiger partial charge in [0, 0.05) is 11.6 Å². The minimum Gasteiger partial charge on any atom is -0.211 e. The van der Waals surface area contributed by atoms with Crippen LogP contribution in [0.5, 0.6) is 0 Å². The van der Waals surface area contributed by atoms with Gasteiger partial charge in [0.25, 0.3) is 0 Å². The van der Waals surface area contributed by atoms with Crippen LogP contribution in [0.25, 0.3) is 0 Å². The zero-order valence-corrected chi connectivity index (χ0v) is 12.7. The van der Waals surface area contributed by atoms with Crippen LogP contribution in [0.4, 0.5) is 0 Å². The van der Waals surface area contributed by atoms with E-state index in [4.69, 9.17) is 16.9 Å². The first-order valence-electron chi connectivity index (χ1n) is 6.26. The predicted octanol–water partition coefficient (Wildman–Crippen LogP) is 2.73. The van der Waals surface area contributed by atoms with Crippen LogP contribution >= 0.6 is 11.6 Å². The third-order valence-corrected chi connectivity index (χ3v) is 4.69. The van der Waals surface area contributed by atoms with E-state index in [1.54, 1.807) is 24.3 Å². The fourth-order valence-corrected chi connectivity index (χ4v) is 3.17. The number of hydrogen-bond donors (Lipinski definition) is 1. The lowest BCUT2D eigenvalue weighted by atomic mass is 10.2. The second-order valence-corrected chi connectivity index (χ2v) is 6.55. The fourth-order valence-electron chi connectivity index (χ4n) is 1.85. The standard InChI is InChI=1S/C15H13ClN2O2S/c16-14-7-5-12(6-8-14)9-10-18-21(19,20)15-4-2-1-3-13(15)11-17/h1-8,18H,9-10H2. The molecule has 2 aromatic rings. The summed E-state index contributed by atoms with van der Waals surface area (Å²) < 4.78 is 26.8. The molecule has 1 N–H and O–H groups in total. The van der Waals surface area contributed by atoms with Crippen LogP contribution in [-0.2, 0) is 16.4 Å². The van der Waals surface area contributed by atoms with Crippen LogP contribution in [0.15, 0.2) is 53.4 Å². The summed E-state index contributed by atoms with van der Waals surface area (Å²) in [6.45, 7) is 0.254. The predicted molar refractivity (Wildman–Crippen MR) is 81.5 cm³/mol. The first kappa shape index (κ1) is 15.5. The molecule has 0 amide bonds. The highest BCUT2D eigenvalue weighted by Gasteiger charge is 2.17. The summed E-state index contributed by atoms with van der Waals surface area (Å²) in [6, 6.07) is 15.2. The lowest BCUT2D eigenvalue weighted by Crippen LogP contribution is -2.26. The van der Waals surface area contributed by atoms with Crippen molar-refractivity contribution in [2.45, 2.75) is 11.3 Å². The van der Waals surface area contributed by atoms with E-state index in [9.17, 15) is 8.42 Å². The Morgan fingerprint density at radius 2 is 1.76 bits per heavy atom. The first-order chi connectivity index (χ1) is 10.0. The molecule has 0 bridgehead atoms. The van der Waals surface area contributed by atoms with Crippen molar-refractivity contribution in [2.24, 2.45) is 0 Å². The number of nitriles is 1. The molecule has 0 aliphatic heterocycles. The van der Waals surface area contributed by atoms with Crippen molar-refractivity contribution >= 4 is 21.6 Å². The Bertz CT molecular complexity index is 765. The molecule has 0 fully saturated rings. The molecule has 0 atom stereocenters. The summed E-state index contributed by atoms with van der Waals surface area (Å²) in [6.07, 6.45) is 0.547. The van der Waals surface area contributed by atoms with Crippen LogP contribution < -0.4 is 4.72 Å². The quantitative estimate of drug-likeness (QED) is 0.921. The average Bonchev–Trinajstić information content (AvgIpc) is 2.49. The van der Waals surface area contributed by atoms with Gasteiger partial charge in [-0.3, -0.25) is 0 Å². The van der Waals surface area contributed by atoms with Gasteiger partial charge in [0.1, 0.15) is 6.07 Å². The minimum atomic E-state index is -3.68. The topological polar surface area (TPSA) is 70.0 Å². The van der Waals surface area contributed by atoms with Crippen molar-refractivity contribution in [1.82, 2.24) is 4.72 Å². The molecule has 6 heteroatoms. The van der Waals surface area contributed by atoms with Gasteiger partial charge in [0.2, 0.25) is 10.0 Å². The Morgan fingerprint density at radius 3 is 2.43 bits per heavy atom. The third kappa shape index (κ3) is 4.05. The van der Waals surface area contributed by atoms with Crippen molar-refractivity contribution in [3.05, 3.63) is 64.7 Å². The number of benzene rings is 2. The molecule has 2 rings (SSSR count). The summed E-state index contributed by atoms with van der Waals surface area (Å²) in [5, 5.41) is 9.60. The molecule has 0 heterocycles. The molecule has 2 aromatic carbocycles. The van der Waals surface area contributed by atoms with Gasteiger partial charge in [-0.15, -0.1) is 0 Å². The molecule has 0 aliphatic carbocycles. The third-order valence-electron chi connectivity index (χ3n) is 2.92. The lowest BCUT2D eigenvalue weighted by molar-refractivity contribution is 0.581. The van der Waals surface area contributed by atoms with Crippen molar-refractivity contribution in [3.63, 3.8) is 0 Å². The van der Waals surface area contributed by atoms with Crippen molar-refractivity contribution in [2.75, 3.05) is 6.54 Å². The van der Waals surface area contributed by atoms with Crippen molar-refractivity contribution in [1.29, 1.82) is 5.26 Å². The smallest absolute Gasteiger partial charge is 0.211 e. The molecule has 0 unspecified atom stereocenters. The Balaban J connectivity index is 2.05. The van der Waals surface area contributed by atoms with Crippen molar-refractivity contribution < 1.29 is 8.42 Å².